The quantitative estimate of drug-likeness (QED) is 0.307. The van der Waals surface area contributed by atoms with Gasteiger partial charge in [-0.25, -0.2) is 9.59 Å². The molecule has 0 saturated heterocycles. The zero-order valence-corrected chi connectivity index (χ0v) is 6.72. The van der Waals surface area contributed by atoms with E-state index in [0.717, 1.165) is 6.92 Å². The van der Waals surface area contributed by atoms with Crippen molar-refractivity contribution >= 4 is 47.5 Å². The summed E-state index contributed by atoms with van der Waals surface area (Å²) < 4.78 is 0. The number of carboxylic acids is 3. The standard InChI is InChI=1S/C6H9NO6.Na.H/c1-2(4(8)9)7-3(5(10)11)6(12)13;;/h2-3,7H,1H3,(H,8,9)(H,10,11)(H,12,13);;. The van der Waals surface area contributed by atoms with E-state index < -0.39 is 30.0 Å². The molecule has 0 aromatic heterocycles. The van der Waals surface area contributed by atoms with Crippen LogP contribution in [0.15, 0.2) is 0 Å². The van der Waals surface area contributed by atoms with Crippen molar-refractivity contribution in [1.29, 1.82) is 0 Å². The fraction of sp³-hybridized carbons (Fsp3) is 0.500. The molecule has 0 saturated carbocycles. The van der Waals surface area contributed by atoms with Crippen LogP contribution in [0.25, 0.3) is 0 Å². The van der Waals surface area contributed by atoms with E-state index in [4.69, 9.17) is 15.3 Å². The van der Waals surface area contributed by atoms with Gasteiger partial charge in [-0.3, -0.25) is 10.1 Å². The van der Waals surface area contributed by atoms with Gasteiger partial charge in [-0.2, -0.15) is 0 Å². The van der Waals surface area contributed by atoms with Gasteiger partial charge in [-0.1, -0.05) is 0 Å². The topological polar surface area (TPSA) is 124 Å². The Morgan fingerprint density at radius 3 is 1.57 bits per heavy atom. The van der Waals surface area contributed by atoms with Crippen molar-refractivity contribution in [3.63, 3.8) is 0 Å². The molecule has 0 aliphatic rings. The molecule has 0 aromatic carbocycles. The average Bonchev–Trinajstić information content (AvgIpc) is 1.97. The van der Waals surface area contributed by atoms with Crippen LogP contribution >= 0.6 is 0 Å². The number of hydrogen-bond acceptors (Lipinski definition) is 4. The Morgan fingerprint density at radius 2 is 1.36 bits per heavy atom. The molecule has 0 amide bonds. The summed E-state index contributed by atoms with van der Waals surface area (Å²) in [4.78, 5) is 30.8. The van der Waals surface area contributed by atoms with Gasteiger partial charge in [-0.05, 0) is 6.92 Å². The van der Waals surface area contributed by atoms with Crippen LogP contribution in [0.1, 0.15) is 6.92 Å². The molecule has 0 aliphatic heterocycles. The van der Waals surface area contributed by atoms with Crippen LogP contribution in [-0.2, 0) is 14.4 Å². The molecular weight excluding hydrogens is 205 g/mol. The normalized spacial score (nSPS) is 11.6. The summed E-state index contributed by atoms with van der Waals surface area (Å²) in [7, 11) is 0. The summed E-state index contributed by atoms with van der Waals surface area (Å²) in [6.07, 6.45) is 0. The van der Waals surface area contributed by atoms with E-state index in [1.54, 1.807) is 0 Å². The van der Waals surface area contributed by atoms with E-state index >= 15 is 0 Å². The summed E-state index contributed by atoms with van der Waals surface area (Å²) in [5.41, 5.74) is 0. The second kappa shape index (κ2) is 6.77. The van der Waals surface area contributed by atoms with E-state index in [0.29, 0.717) is 0 Å². The minimum absolute atomic E-state index is 0. The first-order valence-electron chi connectivity index (χ1n) is 3.30. The van der Waals surface area contributed by atoms with Crippen LogP contribution in [0.2, 0.25) is 0 Å². The van der Waals surface area contributed by atoms with E-state index in [-0.39, 0.29) is 29.6 Å². The Balaban J connectivity index is 0. The maximum atomic E-state index is 10.3. The van der Waals surface area contributed by atoms with Gasteiger partial charge in [0.25, 0.3) is 0 Å². The Morgan fingerprint density at radius 1 is 1.00 bits per heavy atom. The number of carbonyl (C=O) groups is 3. The first-order valence-corrected chi connectivity index (χ1v) is 3.30. The van der Waals surface area contributed by atoms with Crippen molar-refractivity contribution in [2.45, 2.75) is 19.0 Å². The van der Waals surface area contributed by atoms with E-state index in [1.165, 1.54) is 0 Å². The average molecular weight is 215 g/mol. The predicted molar refractivity (Wildman–Crippen MR) is 46.4 cm³/mol. The second-order valence-electron chi connectivity index (χ2n) is 2.34. The second-order valence-corrected chi connectivity index (χ2v) is 2.34. The third-order valence-electron chi connectivity index (χ3n) is 1.28. The molecule has 0 rings (SSSR count). The SMILES string of the molecule is CC(NC(C(=O)O)C(=O)O)C(=O)O.[NaH]. The molecule has 1 unspecified atom stereocenters. The molecule has 0 fully saturated rings. The predicted octanol–water partition coefficient (Wildman–Crippen LogP) is -2.06. The maximum absolute atomic E-state index is 10.3. The van der Waals surface area contributed by atoms with Gasteiger partial charge in [0, 0.05) is 0 Å². The van der Waals surface area contributed by atoms with E-state index in [1.807, 2.05) is 5.32 Å². The summed E-state index contributed by atoms with van der Waals surface area (Å²) in [6, 6.07) is -3.12. The summed E-state index contributed by atoms with van der Waals surface area (Å²) in [6.45, 7) is 1.15. The molecule has 7 nitrogen and oxygen atoms in total. The van der Waals surface area contributed by atoms with Crippen molar-refractivity contribution < 1.29 is 29.7 Å². The molecule has 0 bridgehead atoms. The molecule has 0 radical (unpaired) electrons. The van der Waals surface area contributed by atoms with Crippen LogP contribution in [0.3, 0.4) is 0 Å². The third-order valence-corrected chi connectivity index (χ3v) is 1.28. The number of nitrogens with one attached hydrogen (secondary N) is 1. The van der Waals surface area contributed by atoms with Crippen LogP contribution in [0.5, 0.6) is 0 Å². The first kappa shape index (κ1) is 15.8. The molecule has 76 valence electrons. The summed E-state index contributed by atoms with van der Waals surface area (Å²) >= 11 is 0. The van der Waals surface area contributed by atoms with Gasteiger partial charge in [0.1, 0.15) is 6.04 Å². The van der Waals surface area contributed by atoms with Crippen molar-refractivity contribution in [2.75, 3.05) is 0 Å². The summed E-state index contributed by atoms with van der Waals surface area (Å²) in [5.74, 6) is -4.56. The van der Waals surface area contributed by atoms with Gasteiger partial charge in [0.15, 0.2) is 0 Å². The number of carboxylic acid groups (broad SMARTS) is 3. The van der Waals surface area contributed by atoms with Gasteiger partial charge in [0.2, 0.25) is 6.04 Å². The van der Waals surface area contributed by atoms with Crippen molar-refractivity contribution in [2.24, 2.45) is 0 Å². The molecule has 8 heteroatoms. The molecule has 0 spiro atoms. The fourth-order valence-corrected chi connectivity index (χ4v) is 0.569. The van der Waals surface area contributed by atoms with Crippen molar-refractivity contribution in [3.8, 4) is 0 Å². The zero-order valence-electron chi connectivity index (χ0n) is 6.72. The molecule has 0 heterocycles. The molecule has 0 aliphatic carbocycles. The molecule has 1 atom stereocenters. The Bertz CT molecular complexity index is 228. The Hall–Kier alpha value is -0.630. The minimum atomic E-state index is -1.90. The van der Waals surface area contributed by atoms with Gasteiger partial charge in [-0.15, -0.1) is 0 Å². The molecule has 14 heavy (non-hydrogen) atoms. The number of rotatable bonds is 5. The van der Waals surface area contributed by atoms with Gasteiger partial charge >= 0.3 is 47.5 Å². The van der Waals surface area contributed by atoms with Crippen LogP contribution in [0.4, 0.5) is 0 Å². The number of hydrogen-bond donors (Lipinski definition) is 4. The molecule has 4 N–H and O–H groups in total. The van der Waals surface area contributed by atoms with Gasteiger partial charge < -0.3 is 15.3 Å². The molecular formula is C6H10NNaO6. The van der Waals surface area contributed by atoms with Gasteiger partial charge in [0.05, 0.1) is 0 Å². The fourth-order valence-electron chi connectivity index (χ4n) is 0.569. The van der Waals surface area contributed by atoms with Crippen molar-refractivity contribution in [1.82, 2.24) is 5.32 Å². The van der Waals surface area contributed by atoms with Crippen LogP contribution in [0, 0.1) is 0 Å². The van der Waals surface area contributed by atoms with E-state index in [9.17, 15) is 14.4 Å². The Kier molecular flexibility index (Phi) is 7.65. The zero-order chi connectivity index (χ0) is 10.6. The van der Waals surface area contributed by atoms with Crippen molar-refractivity contribution in [3.05, 3.63) is 0 Å². The van der Waals surface area contributed by atoms with Crippen LogP contribution in [-0.4, -0.2) is 74.9 Å². The molecule has 0 aromatic rings. The number of aliphatic carboxylic acids is 3. The Labute approximate surface area is 101 Å². The monoisotopic (exact) mass is 215 g/mol. The third kappa shape index (κ3) is 5.18. The first-order chi connectivity index (χ1) is 5.86. The summed E-state index contributed by atoms with van der Waals surface area (Å²) in [5, 5.41) is 26.9. The van der Waals surface area contributed by atoms with E-state index in [2.05, 4.69) is 0 Å². The van der Waals surface area contributed by atoms with Crippen LogP contribution < -0.4 is 5.32 Å².